The molecule has 30 heavy (non-hydrogen) atoms. The molecule has 0 aliphatic carbocycles. The van der Waals surface area contributed by atoms with Crippen molar-refractivity contribution in [2.24, 2.45) is 11.1 Å². The van der Waals surface area contributed by atoms with Crippen LogP contribution in [0.1, 0.15) is 32.6 Å². The van der Waals surface area contributed by atoms with E-state index in [2.05, 4.69) is 54.5 Å². The van der Waals surface area contributed by atoms with Crippen LogP contribution in [-0.4, -0.2) is 14.5 Å². The summed E-state index contributed by atoms with van der Waals surface area (Å²) in [5.74, 6) is -0.231. The number of hydrogen-bond donors (Lipinski definition) is 0. The minimum absolute atomic E-state index is 0.231. The van der Waals surface area contributed by atoms with Crippen LogP contribution in [0, 0.1) is 17.2 Å². The lowest BCUT2D eigenvalue weighted by Gasteiger charge is -2.30. The Bertz CT molecular complexity index is 856. The van der Waals surface area contributed by atoms with E-state index in [9.17, 15) is 5.26 Å². The van der Waals surface area contributed by atoms with Crippen LogP contribution in [-0.2, 0) is 4.53 Å². The monoisotopic (exact) mass is 412 g/mol. The van der Waals surface area contributed by atoms with Crippen LogP contribution in [0.5, 0.6) is 0 Å². The lowest BCUT2D eigenvalue weighted by atomic mass is 10.0. The summed E-state index contributed by atoms with van der Waals surface area (Å²) in [6.45, 7) is 2.16. The molecule has 0 aliphatic rings. The summed E-state index contributed by atoms with van der Waals surface area (Å²) < 4.78 is 6.48. The van der Waals surface area contributed by atoms with Crippen LogP contribution in [0.2, 0.25) is 0 Å². The highest BCUT2D eigenvalue weighted by atomic mass is 28.4. The molecular weight excluding hydrogens is 384 g/mol. The average molecular weight is 413 g/mol. The molecule has 0 aromatic heterocycles. The molecule has 0 bridgehead atoms. The summed E-state index contributed by atoms with van der Waals surface area (Å²) in [5.41, 5.74) is 0. The highest BCUT2D eigenvalue weighted by molar-refractivity contribution is 7.07. The van der Waals surface area contributed by atoms with Gasteiger partial charge in [-0.25, -0.2) is 0 Å². The quantitative estimate of drug-likeness (QED) is 0.163. The number of rotatable bonds is 10. The Labute approximate surface area is 180 Å². The first-order valence-electron chi connectivity index (χ1n) is 10.6. The van der Waals surface area contributed by atoms with E-state index in [0.29, 0.717) is 0 Å². The van der Waals surface area contributed by atoms with Gasteiger partial charge in [0.1, 0.15) is 0 Å². The molecule has 0 heterocycles. The van der Waals surface area contributed by atoms with E-state index >= 15 is 0 Å². The van der Waals surface area contributed by atoms with Crippen molar-refractivity contribution in [3.8, 4) is 6.07 Å². The van der Waals surface area contributed by atoms with Crippen molar-refractivity contribution in [3.63, 3.8) is 0 Å². The lowest BCUT2D eigenvalue weighted by Crippen LogP contribution is -2.68. The maximum Gasteiger partial charge on any atom is 0.380 e. The van der Waals surface area contributed by atoms with Crippen LogP contribution in [0.3, 0.4) is 0 Å². The second-order valence-corrected chi connectivity index (χ2v) is 10.6. The van der Waals surface area contributed by atoms with Crippen molar-refractivity contribution < 1.29 is 4.53 Å². The molecule has 0 N–H and O–H groups in total. The maximum absolute atomic E-state index is 9.52. The fourth-order valence-electron chi connectivity index (χ4n) is 3.65. The molecule has 3 aromatic rings. The molecule has 0 fully saturated rings. The first-order chi connectivity index (χ1) is 14.8. The lowest BCUT2D eigenvalue weighted by molar-refractivity contribution is 0.348. The summed E-state index contributed by atoms with van der Waals surface area (Å²) in [6.07, 6.45) is 5.79. The summed E-state index contributed by atoms with van der Waals surface area (Å²) in [7, 11) is -2.85. The standard InChI is InChI=1S/C26H28N2OSi/c1-2-3-7-14-23(21-27)22-28-29-30(24-15-8-4-9-16-24,25-17-10-5-11-18-25)26-19-12-6-13-20-26/h4-6,8-13,15-20,22-23H,2-3,7,14H2,1H3. The van der Waals surface area contributed by atoms with Crippen LogP contribution in [0.15, 0.2) is 96.2 Å². The van der Waals surface area contributed by atoms with Gasteiger partial charge in [0.25, 0.3) is 0 Å². The average Bonchev–Trinajstić information content (AvgIpc) is 2.82. The van der Waals surface area contributed by atoms with Crippen LogP contribution >= 0.6 is 0 Å². The highest BCUT2D eigenvalue weighted by Crippen LogP contribution is 2.12. The van der Waals surface area contributed by atoms with Gasteiger partial charge < -0.3 is 4.53 Å². The van der Waals surface area contributed by atoms with Crippen molar-refractivity contribution >= 4 is 30.1 Å². The van der Waals surface area contributed by atoms with Crippen molar-refractivity contribution in [1.29, 1.82) is 5.26 Å². The van der Waals surface area contributed by atoms with E-state index in [1.807, 2.05) is 54.6 Å². The Hall–Kier alpha value is -3.16. The van der Waals surface area contributed by atoms with E-state index in [-0.39, 0.29) is 5.92 Å². The highest BCUT2D eigenvalue weighted by Gasteiger charge is 2.44. The van der Waals surface area contributed by atoms with Crippen molar-refractivity contribution in [3.05, 3.63) is 91.0 Å². The third kappa shape index (κ3) is 5.06. The van der Waals surface area contributed by atoms with E-state index in [1.165, 1.54) is 0 Å². The van der Waals surface area contributed by atoms with E-state index in [0.717, 1.165) is 41.2 Å². The van der Waals surface area contributed by atoms with Gasteiger partial charge in [-0.05, 0) is 22.0 Å². The number of hydrogen-bond acceptors (Lipinski definition) is 3. The van der Waals surface area contributed by atoms with Gasteiger partial charge in [-0.15, -0.1) is 5.16 Å². The number of nitriles is 1. The largest absolute Gasteiger partial charge is 0.438 e. The summed E-state index contributed by atoms with van der Waals surface area (Å²) in [6, 6.07) is 33.3. The molecule has 152 valence electrons. The Morgan fingerprint density at radius 3 is 1.70 bits per heavy atom. The molecule has 3 nitrogen and oxygen atoms in total. The van der Waals surface area contributed by atoms with Crippen molar-refractivity contribution in [2.45, 2.75) is 32.6 Å². The molecule has 3 aromatic carbocycles. The van der Waals surface area contributed by atoms with Crippen LogP contribution < -0.4 is 15.6 Å². The summed E-state index contributed by atoms with van der Waals surface area (Å²) in [4.78, 5) is 0. The minimum atomic E-state index is -2.85. The molecule has 0 aliphatic heterocycles. The predicted octanol–water partition coefficient (Wildman–Crippen LogP) is 4.38. The smallest absolute Gasteiger partial charge is 0.380 e. The molecule has 0 saturated carbocycles. The maximum atomic E-state index is 9.52. The molecular formula is C26H28N2OSi. The number of oxime groups is 1. The van der Waals surface area contributed by atoms with Gasteiger partial charge in [-0.2, -0.15) is 5.26 Å². The second kappa shape index (κ2) is 11.1. The summed E-state index contributed by atoms with van der Waals surface area (Å²) >= 11 is 0. The Morgan fingerprint density at radius 2 is 1.30 bits per heavy atom. The molecule has 0 spiro atoms. The van der Waals surface area contributed by atoms with E-state index in [1.54, 1.807) is 6.21 Å². The minimum Gasteiger partial charge on any atom is -0.438 e. The topological polar surface area (TPSA) is 45.4 Å². The fourth-order valence-corrected chi connectivity index (χ4v) is 7.17. The first-order valence-corrected chi connectivity index (χ1v) is 12.5. The zero-order valence-electron chi connectivity index (χ0n) is 17.4. The number of nitrogens with zero attached hydrogens (tertiary/aromatic N) is 2. The third-order valence-corrected chi connectivity index (χ3v) is 9.07. The molecule has 0 radical (unpaired) electrons. The molecule has 1 atom stereocenters. The van der Waals surface area contributed by atoms with Gasteiger partial charge in [0.15, 0.2) is 0 Å². The van der Waals surface area contributed by atoms with E-state index < -0.39 is 8.32 Å². The van der Waals surface area contributed by atoms with Gasteiger partial charge >= 0.3 is 8.32 Å². The summed E-state index contributed by atoms with van der Waals surface area (Å²) in [5, 5.41) is 17.3. The van der Waals surface area contributed by atoms with Crippen molar-refractivity contribution in [1.82, 2.24) is 0 Å². The van der Waals surface area contributed by atoms with Crippen molar-refractivity contribution in [2.75, 3.05) is 0 Å². The van der Waals surface area contributed by atoms with Gasteiger partial charge in [-0.1, -0.05) is 117 Å². The molecule has 3 rings (SSSR count). The normalized spacial score (nSPS) is 12.4. The van der Waals surface area contributed by atoms with Crippen LogP contribution in [0.4, 0.5) is 0 Å². The molecule has 4 heteroatoms. The van der Waals surface area contributed by atoms with Crippen LogP contribution in [0.25, 0.3) is 0 Å². The zero-order chi connectivity index (χ0) is 21.1. The Kier molecular flexibility index (Phi) is 7.99. The molecule has 0 amide bonds. The molecule has 0 saturated heterocycles. The van der Waals surface area contributed by atoms with Gasteiger partial charge in [-0.3, -0.25) is 0 Å². The zero-order valence-corrected chi connectivity index (χ0v) is 18.4. The fraction of sp³-hybridized carbons (Fsp3) is 0.231. The van der Waals surface area contributed by atoms with Gasteiger partial charge in [0, 0.05) is 0 Å². The number of unbranched alkanes of at least 4 members (excludes halogenated alkanes) is 2. The third-order valence-electron chi connectivity index (χ3n) is 5.26. The second-order valence-electron chi connectivity index (χ2n) is 7.36. The van der Waals surface area contributed by atoms with Gasteiger partial charge in [0.2, 0.25) is 0 Å². The Balaban J connectivity index is 2.03. The number of benzene rings is 3. The first kappa shape index (κ1) is 21.5. The van der Waals surface area contributed by atoms with Gasteiger partial charge in [0.05, 0.1) is 18.2 Å². The predicted molar refractivity (Wildman–Crippen MR) is 127 cm³/mol. The SMILES string of the molecule is CCCCCC(C#N)C=NO[Si](c1ccccc1)(c1ccccc1)c1ccccc1. The Morgan fingerprint density at radius 1 is 0.833 bits per heavy atom. The van der Waals surface area contributed by atoms with E-state index in [4.69, 9.17) is 4.53 Å². The molecule has 1 unspecified atom stereocenters.